The summed E-state index contributed by atoms with van der Waals surface area (Å²) in [7, 11) is 3.77. The summed E-state index contributed by atoms with van der Waals surface area (Å²) in [5, 5.41) is 3.34. The Labute approximate surface area is 109 Å². The lowest BCUT2D eigenvalue weighted by Gasteiger charge is -2.19. The van der Waals surface area contributed by atoms with Gasteiger partial charge in [-0.3, -0.25) is 0 Å². The number of nitrogens with zero attached hydrogens (tertiary/aromatic N) is 3. The molecule has 2 heterocycles. The molecule has 1 atom stereocenters. The van der Waals surface area contributed by atoms with E-state index in [4.69, 9.17) is 9.72 Å². The third kappa shape index (κ3) is 2.84. The summed E-state index contributed by atoms with van der Waals surface area (Å²) in [6.07, 6.45) is 4.33. The molecular formula is C13H24N4O. The van der Waals surface area contributed by atoms with Gasteiger partial charge in [-0.15, -0.1) is 0 Å². The zero-order chi connectivity index (χ0) is 13.0. The van der Waals surface area contributed by atoms with Crippen molar-refractivity contribution in [3.63, 3.8) is 0 Å². The average molecular weight is 252 g/mol. The number of imidazole rings is 1. The van der Waals surface area contributed by atoms with Gasteiger partial charge in [-0.1, -0.05) is 6.92 Å². The van der Waals surface area contributed by atoms with E-state index in [-0.39, 0.29) is 0 Å². The minimum absolute atomic E-state index is 0.586. The van der Waals surface area contributed by atoms with Gasteiger partial charge in [0.05, 0.1) is 12.3 Å². The Morgan fingerprint density at radius 2 is 2.39 bits per heavy atom. The van der Waals surface area contributed by atoms with Gasteiger partial charge in [-0.2, -0.15) is 0 Å². The number of rotatable bonds is 6. The van der Waals surface area contributed by atoms with Crippen LogP contribution < -0.4 is 10.2 Å². The molecule has 1 aromatic rings. The molecule has 1 aliphatic heterocycles. The van der Waals surface area contributed by atoms with Crippen molar-refractivity contribution in [3.05, 3.63) is 11.9 Å². The van der Waals surface area contributed by atoms with E-state index in [1.165, 1.54) is 6.42 Å². The predicted molar refractivity (Wildman–Crippen MR) is 73.2 cm³/mol. The van der Waals surface area contributed by atoms with Crippen molar-refractivity contribution >= 4 is 5.95 Å². The van der Waals surface area contributed by atoms with Gasteiger partial charge in [0.1, 0.15) is 0 Å². The summed E-state index contributed by atoms with van der Waals surface area (Å²) in [5.41, 5.74) is 1.16. The van der Waals surface area contributed by atoms with Crippen molar-refractivity contribution in [2.75, 3.05) is 38.8 Å². The fraction of sp³-hybridized carbons (Fsp3) is 0.769. The number of nitrogens with one attached hydrogen (secondary N) is 1. The molecule has 1 N–H and O–H groups in total. The van der Waals surface area contributed by atoms with Gasteiger partial charge in [0.25, 0.3) is 0 Å². The summed E-state index contributed by atoms with van der Waals surface area (Å²) in [5.74, 6) is 1.10. The van der Waals surface area contributed by atoms with Crippen LogP contribution in [0.15, 0.2) is 6.20 Å². The van der Waals surface area contributed by atoms with Crippen molar-refractivity contribution in [1.82, 2.24) is 14.9 Å². The average Bonchev–Trinajstić information content (AvgIpc) is 3.02. The standard InChI is InChI=1S/C13H24N4O/c1-4-11-9-17(7-8-18-3)13(15-11)16-6-5-12(10-16)14-2/h9,12,14H,4-8,10H2,1-3H3. The lowest BCUT2D eigenvalue weighted by molar-refractivity contribution is 0.187. The molecule has 0 amide bonds. The molecule has 18 heavy (non-hydrogen) atoms. The number of aromatic nitrogens is 2. The second-order valence-electron chi connectivity index (χ2n) is 4.79. The summed E-state index contributed by atoms with van der Waals surface area (Å²) < 4.78 is 7.39. The van der Waals surface area contributed by atoms with Crippen molar-refractivity contribution in [3.8, 4) is 0 Å². The molecule has 5 heteroatoms. The van der Waals surface area contributed by atoms with E-state index in [0.29, 0.717) is 6.04 Å². The number of hydrogen-bond donors (Lipinski definition) is 1. The summed E-state index contributed by atoms with van der Waals surface area (Å²) in [6.45, 7) is 5.88. The van der Waals surface area contributed by atoms with E-state index in [0.717, 1.165) is 44.3 Å². The second-order valence-corrected chi connectivity index (χ2v) is 4.79. The first-order valence-electron chi connectivity index (χ1n) is 6.75. The van der Waals surface area contributed by atoms with Crippen LogP contribution in [0.4, 0.5) is 5.95 Å². The zero-order valence-electron chi connectivity index (χ0n) is 11.6. The Kier molecular flexibility index (Phi) is 4.60. The van der Waals surface area contributed by atoms with E-state index in [9.17, 15) is 0 Å². The fourth-order valence-corrected chi connectivity index (χ4v) is 2.41. The number of methoxy groups -OCH3 is 1. The van der Waals surface area contributed by atoms with Crippen LogP contribution in [0, 0.1) is 0 Å². The van der Waals surface area contributed by atoms with E-state index in [1.54, 1.807) is 7.11 Å². The predicted octanol–water partition coefficient (Wildman–Crippen LogP) is 0.890. The molecule has 0 aromatic carbocycles. The Bertz CT molecular complexity index is 377. The molecule has 0 aliphatic carbocycles. The van der Waals surface area contributed by atoms with Crippen molar-refractivity contribution < 1.29 is 4.74 Å². The highest BCUT2D eigenvalue weighted by Crippen LogP contribution is 2.20. The number of likely N-dealkylation sites (N-methyl/N-ethyl adjacent to an activating group) is 1. The number of hydrogen-bond acceptors (Lipinski definition) is 4. The number of aryl methyl sites for hydroxylation is 1. The van der Waals surface area contributed by atoms with Gasteiger partial charge in [-0.25, -0.2) is 4.98 Å². The topological polar surface area (TPSA) is 42.3 Å². The Morgan fingerprint density at radius 1 is 1.56 bits per heavy atom. The third-order valence-corrected chi connectivity index (χ3v) is 3.58. The molecule has 5 nitrogen and oxygen atoms in total. The van der Waals surface area contributed by atoms with Crippen LogP contribution in [0.25, 0.3) is 0 Å². The number of anilines is 1. The maximum atomic E-state index is 5.17. The monoisotopic (exact) mass is 252 g/mol. The van der Waals surface area contributed by atoms with Gasteiger partial charge in [0.15, 0.2) is 0 Å². The zero-order valence-corrected chi connectivity index (χ0v) is 11.6. The molecule has 0 saturated carbocycles. The van der Waals surface area contributed by atoms with E-state index >= 15 is 0 Å². The molecule has 0 spiro atoms. The maximum Gasteiger partial charge on any atom is 0.205 e. The van der Waals surface area contributed by atoms with Gasteiger partial charge in [0.2, 0.25) is 5.95 Å². The van der Waals surface area contributed by atoms with Crippen molar-refractivity contribution in [2.45, 2.75) is 32.4 Å². The molecule has 0 radical (unpaired) electrons. The van der Waals surface area contributed by atoms with Crippen LogP contribution in [0.3, 0.4) is 0 Å². The Morgan fingerprint density at radius 3 is 3.00 bits per heavy atom. The van der Waals surface area contributed by atoms with Crippen molar-refractivity contribution in [2.24, 2.45) is 0 Å². The largest absolute Gasteiger partial charge is 0.383 e. The summed E-state index contributed by atoms with van der Waals surface area (Å²) >= 11 is 0. The van der Waals surface area contributed by atoms with Gasteiger partial charge >= 0.3 is 0 Å². The summed E-state index contributed by atoms with van der Waals surface area (Å²) in [4.78, 5) is 7.11. The molecule has 1 unspecified atom stereocenters. The van der Waals surface area contributed by atoms with Crippen LogP contribution in [0.5, 0.6) is 0 Å². The highest BCUT2D eigenvalue weighted by atomic mass is 16.5. The first kappa shape index (κ1) is 13.4. The molecule has 2 rings (SSSR count). The van der Waals surface area contributed by atoms with Crippen LogP contribution in [-0.2, 0) is 17.7 Å². The van der Waals surface area contributed by atoms with Crippen LogP contribution in [0.2, 0.25) is 0 Å². The Balaban J connectivity index is 2.12. The first-order valence-corrected chi connectivity index (χ1v) is 6.75. The molecule has 1 aliphatic rings. The quantitative estimate of drug-likeness (QED) is 0.816. The number of ether oxygens (including phenoxy) is 1. The lowest BCUT2D eigenvalue weighted by Crippen LogP contribution is -2.31. The summed E-state index contributed by atoms with van der Waals surface area (Å²) in [6, 6.07) is 0.586. The maximum absolute atomic E-state index is 5.17. The normalized spacial score (nSPS) is 19.7. The second kappa shape index (κ2) is 6.20. The smallest absolute Gasteiger partial charge is 0.205 e. The lowest BCUT2D eigenvalue weighted by atomic mass is 10.3. The minimum Gasteiger partial charge on any atom is -0.383 e. The van der Waals surface area contributed by atoms with E-state index < -0.39 is 0 Å². The van der Waals surface area contributed by atoms with Crippen molar-refractivity contribution in [1.29, 1.82) is 0 Å². The molecule has 1 fully saturated rings. The molecular weight excluding hydrogens is 228 g/mol. The van der Waals surface area contributed by atoms with Gasteiger partial charge in [0, 0.05) is 39.0 Å². The molecule has 1 saturated heterocycles. The molecule has 1 aromatic heterocycles. The highest BCUT2D eigenvalue weighted by molar-refractivity contribution is 5.36. The van der Waals surface area contributed by atoms with E-state index in [1.807, 2.05) is 7.05 Å². The first-order chi connectivity index (χ1) is 8.78. The third-order valence-electron chi connectivity index (χ3n) is 3.58. The van der Waals surface area contributed by atoms with Gasteiger partial charge in [-0.05, 0) is 19.9 Å². The minimum atomic E-state index is 0.586. The highest BCUT2D eigenvalue weighted by Gasteiger charge is 2.24. The van der Waals surface area contributed by atoms with Crippen LogP contribution in [0.1, 0.15) is 19.0 Å². The fourth-order valence-electron chi connectivity index (χ4n) is 2.41. The Hall–Kier alpha value is -1.07. The van der Waals surface area contributed by atoms with Gasteiger partial charge < -0.3 is 19.5 Å². The van der Waals surface area contributed by atoms with E-state index in [2.05, 4.69) is 27.9 Å². The van der Waals surface area contributed by atoms with Crippen LogP contribution >= 0.6 is 0 Å². The SMILES string of the molecule is CCc1cn(CCOC)c(N2CCC(NC)C2)n1. The molecule has 102 valence electrons. The molecule has 0 bridgehead atoms. The van der Waals surface area contributed by atoms with Crippen LogP contribution in [-0.4, -0.2) is 49.4 Å².